The Bertz CT molecular complexity index is 413. The van der Waals surface area contributed by atoms with Gasteiger partial charge in [-0.15, -0.1) is 11.6 Å². The minimum absolute atomic E-state index is 0.0908. The van der Waals surface area contributed by atoms with Gasteiger partial charge in [-0.25, -0.2) is 13.8 Å². The van der Waals surface area contributed by atoms with E-state index in [0.717, 1.165) is 6.07 Å². The maximum absolute atomic E-state index is 12.5. The lowest BCUT2D eigenvalue weighted by atomic mass is 10.1. The van der Waals surface area contributed by atoms with Gasteiger partial charge in [0.05, 0.1) is 17.7 Å². The SMILES string of the molecule is O=C(O)Cc1nc(Cl)c(C(F)F)cc1CCl. The monoisotopic (exact) mass is 269 g/mol. The second-order valence-corrected chi connectivity index (χ2v) is 3.60. The normalized spacial score (nSPS) is 10.8. The summed E-state index contributed by atoms with van der Waals surface area (Å²) >= 11 is 11.0. The maximum Gasteiger partial charge on any atom is 0.309 e. The number of carboxylic acids is 1. The van der Waals surface area contributed by atoms with Gasteiger partial charge in [-0.05, 0) is 11.6 Å². The van der Waals surface area contributed by atoms with Gasteiger partial charge in [-0.2, -0.15) is 0 Å². The lowest BCUT2D eigenvalue weighted by Gasteiger charge is -2.09. The molecule has 0 atom stereocenters. The molecular weight excluding hydrogens is 263 g/mol. The Morgan fingerprint density at radius 1 is 1.56 bits per heavy atom. The number of rotatable bonds is 4. The molecule has 0 amide bonds. The van der Waals surface area contributed by atoms with Crippen molar-refractivity contribution in [2.24, 2.45) is 0 Å². The first-order chi connectivity index (χ1) is 7.45. The van der Waals surface area contributed by atoms with E-state index in [0.29, 0.717) is 0 Å². The first-order valence-electron chi connectivity index (χ1n) is 4.19. The quantitative estimate of drug-likeness (QED) is 0.675. The summed E-state index contributed by atoms with van der Waals surface area (Å²) in [5.41, 5.74) is -0.0767. The number of hydrogen-bond donors (Lipinski definition) is 1. The van der Waals surface area contributed by atoms with Crippen LogP contribution in [0.25, 0.3) is 0 Å². The average Bonchev–Trinajstić information content (AvgIpc) is 2.16. The highest BCUT2D eigenvalue weighted by Crippen LogP contribution is 2.28. The molecule has 0 radical (unpaired) electrons. The zero-order chi connectivity index (χ0) is 12.3. The zero-order valence-corrected chi connectivity index (χ0v) is 9.40. The number of carbonyl (C=O) groups is 1. The number of nitrogens with zero attached hydrogens (tertiary/aromatic N) is 1. The minimum atomic E-state index is -2.76. The van der Waals surface area contributed by atoms with Gasteiger partial charge in [0.2, 0.25) is 0 Å². The molecule has 1 rings (SSSR count). The molecule has 0 aliphatic heterocycles. The Kier molecular flexibility index (Phi) is 4.44. The number of aromatic nitrogens is 1. The van der Waals surface area contributed by atoms with Crippen LogP contribution in [0.2, 0.25) is 5.15 Å². The van der Waals surface area contributed by atoms with E-state index in [1.807, 2.05) is 0 Å². The van der Waals surface area contributed by atoms with E-state index >= 15 is 0 Å². The van der Waals surface area contributed by atoms with Crippen molar-refractivity contribution in [1.82, 2.24) is 4.98 Å². The molecule has 0 unspecified atom stereocenters. The van der Waals surface area contributed by atoms with Crippen LogP contribution in [-0.4, -0.2) is 16.1 Å². The smallest absolute Gasteiger partial charge is 0.309 e. The molecule has 0 saturated carbocycles. The standard InChI is InChI=1S/C9H7Cl2F2NO2/c10-3-4-1-5(9(12)13)8(11)14-6(4)2-7(15)16/h1,9H,2-3H2,(H,15,16). The van der Waals surface area contributed by atoms with Crippen molar-refractivity contribution in [3.63, 3.8) is 0 Å². The van der Waals surface area contributed by atoms with Gasteiger partial charge in [0, 0.05) is 5.88 Å². The number of carboxylic acid groups (broad SMARTS) is 1. The molecular formula is C9H7Cl2F2NO2. The Morgan fingerprint density at radius 2 is 2.19 bits per heavy atom. The Balaban J connectivity index is 3.20. The molecule has 0 aliphatic rings. The van der Waals surface area contributed by atoms with E-state index in [1.165, 1.54) is 0 Å². The second kappa shape index (κ2) is 5.41. The fourth-order valence-corrected chi connectivity index (χ4v) is 1.62. The number of pyridine rings is 1. The van der Waals surface area contributed by atoms with Crippen molar-refractivity contribution in [2.75, 3.05) is 0 Å². The molecule has 1 aromatic rings. The van der Waals surface area contributed by atoms with Crippen LogP contribution in [0.1, 0.15) is 23.2 Å². The molecule has 1 aromatic heterocycles. The van der Waals surface area contributed by atoms with Crippen LogP contribution in [0.3, 0.4) is 0 Å². The number of alkyl halides is 3. The molecule has 88 valence electrons. The summed E-state index contributed by atoms with van der Waals surface area (Å²) < 4.78 is 24.9. The molecule has 3 nitrogen and oxygen atoms in total. The molecule has 0 saturated heterocycles. The van der Waals surface area contributed by atoms with E-state index in [2.05, 4.69) is 4.98 Å². The highest BCUT2D eigenvalue weighted by molar-refractivity contribution is 6.30. The highest BCUT2D eigenvalue weighted by Gasteiger charge is 2.18. The Morgan fingerprint density at radius 3 is 2.62 bits per heavy atom. The van der Waals surface area contributed by atoms with Crippen molar-refractivity contribution in [2.45, 2.75) is 18.7 Å². The molecule has 0 aliphatic carbocycles. The summed E-state index contributed by atoms with van der Waals surface area (Å²) in [6, 6.07) is 1.09. The van der Waals surface area contributed by atoms with E-state index in [-0.39, 0.29) is 22.3 Å². The van der Waals surface area contributed by atoms with Crippen molar-refractivity contribution < 1.29 is 18.7 Å². The summed E-state index contributed by atoms with van der Waals surface area (Å²) in [6.45, 7) is 0. The van der Waals surface area contributed by atoms with Crippen LogP contribution < -0.4 is 0 Å². The molecule has 16 heavy (non-hydrogen) atoms. The summed E-state index contributed by atoms with van der Waals surface area (Å²) in [4.78, 5) is 14.1. The van der Waals surface area contributed by atoms with E-state index in [4.69, 9.17) is 28.3 Å². The van der Waals surface area contributed by atoms with Gasteiger partial charge in [0.15, 0.2) is 0 Å². The maximum atomic E-state index is 12.5. The van der Waals surface area contributed by atoms with Crippen LogP contribution in [-0.2, 0) is 17.1 Å². The van der Waals surface area contributed by atoms with Crippen LogP contribution in [0.15, 0.2) is 6.07 Å². The number of hydrogen-bond acceptors (Lipinski definition) is 2. The third-order valence-electron chi connectivity index (χ3n) is 1.87. The van der Waals surface area contributed by atoms with Crippen molar-refractivity contribution in [3.05, 3.63) is 28.0 Å². The van der Waals surface area contributed by atoms with Gasteiger partial charge in [-0.1, -0.05) is 11.6 Å². The van der Waals surface area contributed by atoms with Gasteiger partial charge in [0.25, 0.3) is 6.43 Å². The third-order valence-corrected chi connectivity index (χ3v) is 2.46. The lowest BCUT2D eigenvalue weighted by Crippen LogP contribution is -2.07. The molecule has 1 heterocycles. The average molecular weight is 270 g/mol. The van der Waals surface area contributed by atoms with Gasteiger partial charge in [-0.3, -0.25) is 4.79 Å². The number of aliphatic carboxylic acids is 1. The highest BCUT2D eigenvalue weighted by atomic mass is 35.5. The van der Waals surface area contributed by atoms with Gasteiger partial charge in [0.1, 0.15) is 5.15 Å². The fraction of sp³-hybridized carbons (Fsp3) is 0.333. The predicted octanol–water partition coefficient (Wildman–Crippen LogP) is 3.04. The summed E-state index contributed by atoms with van der Waals surface area (Å²) in [5.74, 6) is -1.22. The Hall–Kier alpha value is -0.940. The Labute approximate surface area is 100 Å². The van der Waals surface area contributed by atoms with Crippen LogP contribution in [0.4, 0.5) is 8.78 Å². The molecule has 0 spiro atoms. The van der Waals surface area contributed by atoms with Crippen molar-refractivity contribution >= 4 is 29.2 Å². The van der Waals surface area contributed by atoms with E-state index in [1.54, 1.807) is 0 Å². The third kappa shape index (κ3) is 3.02. The summed E-state index contributed by atoms with van der Waals surface area (Å²) in [7, 11) is 0. The lowest BCUT2D eigenvalue weighted by molar-refractivity contribution is -0.136. The van der Waals surface area contributed by atoms with E-state index in [9.17, 15) is 13.6 Å². The van der Waals surface area contributed by atoms with Crippen molar-refractivity contribution in [3.8, 4) is 0 Å². The predicted molar refractivity (Wildman–Crippen MR) is 55.1 cm³/mol. The van der Waals surface area contributed by atoms with Crippen LogP contribution in [0.5, 0.6) is 0 Å². The van der Waals surface area contributed by atoms with Gasteiger partial charge < -0.3 is 5.11 Å². The van der Waals surface area contributed by atoms with Crippen molar-refractivity contribution in [1.29, 1.82) is 0 Å². The second-order valence-electron chi connectivity index (χ2n) is 2.98. The largest absolute Gasteiger partial charge is 0.481 e. The molecule has 1 N–H and O–H groups in total. The molecule has 0 fully saturated rings. The van der Waals surface area contributed by atoms with Crippen LogP contribution >= 0.6 is 23.2 Å². The summed E-state index contributed by atoms with van der Waals surface area (Å²) in [6.07, 6.45) is -3.16. The summed E-state index contributed by atoms with van der Waals surface area (Å²) in [5, 5.41) is 8.19. The number of halogens is 4. The molecule has 0 aromatic carbocycles. The first kappa shape index (κ1) is 13.1. The first-order valence-corrected chi connectivity index (χ1v) is 5.11. The minimum Gasteiger partial charge on any atom is -0.481 e. The van der Waals surface area contributed by atoms with E-state index < -0.39 is 24.4 Å². The molecule has 0 bridgehead atoms. The molecule has 7 heteroatoms. The fourth-order valence-electron chi connectivity index (χ4n) is 1.15. The van der Waals surface area contributed by atoms with Gasteiger partial charge >= 0.3 is 5.97 Å². The van der Waals surface area contributed by atoms with Crippen LogP contribution in [0, 0.1) is 0 Å². The zero-order valence-electron chi connectivity index (χ0n) is 7.88. The topological polar surface area (TPSA) is 50.2 Å².